The summed E-state index contributed by atoms with van der Waals surface area (Å²) in [5.74, 6) is 0.804. The molecule has 0 nitrogen and oxygen atoms in total. The smallest absolute Gasteiger partial charge is 0.0792 e. The molecule has 54 valence electrons. The Kier molecular flexibility index (Phi) is 2.72. The molecule has 0 aromatic rings. The Balaban J connectivity index is 2.30. The van der Waals surface area contributed by atoms with Crippen LogP contribution < -0.4 is 0 Å². The van der Waals surface area contributed by atoms with E-state index >= 15 is 0 Å². The zero-order chi connectivity index (χ0) is 6.85. The Morgan fingerprint density at radius 1 is 1.44 bits per heavy atom. The van der Waals surface area contributed by atoms with Crippen LogP contribution >= 0.6 is 23.4 Å². The molecule has 0 amide bonds. The molecule has 1 saturated heterocycles. The molecule has 1 fully saturated rings. The third kappa shape index (κ3) is 2.05. The Hall–Kier alpha value is 0.640. The molecule has 2 atom stereocenters. The average molecular weight is 165 g/mol. The summed E-state index contributed by atoms with van der Waals surface area (Å²) in [6.07, 6.45) is 2.52. The highest BCUT2D eigenvalue weighted by atomic mass is 35.5. The van der Waals surface area contributed by atoms with Crippen molar-refractivity contribution in [1.29, 1.82) is 0 Å². The standard InChI is InChI=1S/C7H13ClS/c1-5(2)6-3-4-7(8)9-6/h5-7H,3-4H2,1-2H3. The minimum absolute atomic E-state index is 0.400. The first-order valence-corrected chi connectivity index (χ1v) is 4.87. The van der Waals surface area contributed by atoms with Gasteiger partial charge in [0.25, 0.3) is 0 Å². The molecule has 2 unspecified atom stereocenters. The van der Waals surface area contributed by atoms with Crippen LogP contribution in [0, 0.1) is 5.92 Å². The lowest BCUT2D eigenvalue weighted by Gasteiger charge is -2.11. The first-order valence-electron chi connectivity index (χ1n) is 3.49. The molecule has 0 aromatic carbocycles. The van der Waals surface area contributed by atoms with Crippen LogP contribution in [0.3, 0.4) is 0 Å². The quantitative estimate of drug-likeness (QED) is 0.537. The lowest BCUT2D eigenvalue weighted by atomic mass is 10.1. The Labute approximate surface area is 66.3 Å². The summed E-state index contributed by atoms with van der Waals surface area (Å²) >= 11 is 7.85. The summed E-state index contributed by atoms with van der Waals surface area (Å²) in [5.41, 5.74) is 0. The first kappa shape index (κ1) is 7.74. The molecule has 2 heteroatoms. The van der Waals surface area contributed by atoms with Gasteiger partial charge in [-0.15, -0.1) is 23.4 Å². The number of rotatable bonds is 1. The summed E-state index contributed by atoms with van der Waals surface area (Å²) in [4.78, 5) is 0. The molecule has 0 aliphatic carbocycles. The zero-order valence-corrected chi connectivity index (χ0v) is 7.50. The lowest BCUT2D eigenvalue weighted by molar-refractivity contribution is 0.585. The highest BCUT2D eigenvalue weighted by molar-refractivity contribution is 8.01. The minimum Gasteiger partial charge on any atom is -0.139 e. The normalized spacial score (nSPS) is 36.0. The van der Waals surface area contributed by atoms with Crippen molar-refractivity contribution in [3.8, 4) is 0 Å². The van der Waals surface area contributed by atoms with Crippen LogP contribution in [0.5, 0.6) is 0 Å². The van der Waals surface area contributed by atoms with Crippen LogP contribution in [0.15, 0.2) is 0 Å². The monoisotopic (exact) mass is 164 g/mol. The van der Waals surface area contributed by atoms with Gasteiger partial charge < -0.3 is 0 Å². The van der Waals surface area contributed by atoms with Gasteiger partial charge in [0, 0.05) is 5.25 Å². The maximum absolute atomic E-state index is 5.91. The molecule has 0 aromatic heterocycles. The molecule has 1 heterocycles. The van der Waals surface area contributed by atoms with Crippen molar-refractivity contribution in [1.82, 2.24) is 0 Å². The second-order valence-corrected chi connectivity index (χ2v) is 5.14. The van der Waals surface area contributed by atoms with Gasteiger partial charge in [-0.3, -0.25) is 0 Å². The van der Waals surface area contributed by atoms with E-state index in [4.69, 9.17) is 11.6 Å². The van der Waals surface area contributed by atoms with Crippen molar-refractivity contribution < 1.29 is 0 Å². The SMILES string of the molecule is CC(C)C1CCC(Cl)S1. The third-order valence-corrected chi connectivity index (χ3v) is 3.93. The predicted molar refractivity (Wildman–Crippen MR) is 45.1 cm³/mol. The molecule has 1 aliphatic heterocycles. The fourth-order valence-corrected chi connectivity index (χ4v) is 2.87. The van der Waals surface area contributed by atoms with E-state index < -0.39 is 0 Å². The van der Waals surface area contributed by atoms with E-state index in [1.165, 1.54) is 12.8 Å². The Bertz CT molecular complexity index is 92.9. The topological polar surface area (TPSA) is 0 Å². The van der Waals surface area contributed by atoms with E-state index in [0.717, 1.165) is 11.2 Å². The van der Waals surface area contributed by atoms with E-state index in [2.05, 4.69) is 13.8 Å². The van der Waals surface area contributed by atoms with Crippen LogP contribution in [-0.4, -0.2) is 9.96 Å². The zero-order valence-electron chi connectivity index (χ0n) is 5.93. The lowest BCUT2D eigenvalue weighted by Crippen LogP contribution is -2.05. The molecular weight excluding hydrogens is 152 g/mol. The number of halogens is 1. The van der Waals surface area contributed by atoms with E-state index in [9.17, 15) is 0 Å². The van der Waals surface area contributed by atoms with Gasteiger partial charge >= 0.3 is 0 Å². The van der Waals surface area contributed by atoms with Crippen LogP contribution in [0.25, 0.3) is 0 Å². The van der Waals surface area contributed by atoms with E-state index in [1.807, 2.05) is 11.8 Å². The van der Waals surface area contributed by atoms with E-state index in [0.29, 0.717) is 4.71 Å². The fraction of sp³-hybridized carbons (Fsp3) is 1.00. The number of hydrogen-bond donors (Lipinski definition) is 0. The summed E-state index contributed by atoms with van der Waals surface area (Å²) < 4.78 is 0.400. The predicted octanol–water partition coefficient (Wildman–Crippen LogP) is 3.10. The Morgan fingerprint density at radius 2 is 2.11 bits per heavy atom. The summed E-state index contributed by atoms with van der Waals surface area (Å²) in [6, 6.07) is 0. The number of alkyl halides is 1. The average Bonchev–Trinajstić information content (AvgIpc) is 2.14. The highest BCUT2D eigenvalue weighted by Gasteiger charge is 2.25. The van der Waals surface area contributed by atoms with E-state index in [1.54, 1.807) is 0 Å². The minimum atomic E-state index is 0.400. The van der Waals surface area contributed by atoms with Crippen molar-refractivity contribution in [3.05, 3.63) is 0 Å². The molecule has 0 saturated carbocycles. The molecule has 0 bridgehead atoms. The van der Waals surface area contributed by atoms with Gasteiger partial charge in [0.05, 0.1) is 4.71 Å². The number of thioether (sulfide) groups is 1. The summed E-state index contributed by atoms with van der Waals surface area (Å²) in [7, 11) is 0. The van der Waals surface area contributed by atoms with Crippen molar-refractivity contribution in [2.75, 3.05) is 0 Å². The molecule has 0 spiro atoms. The molecule has 0 radical (unpaired) electrons. The Morgan fingerprint density at radius 3 is 2.33 bits per heavy atom. The van der Waals surface area contributed by atoms with Crippen LogP contribution in [0.1, 0.15) is 26.7 Å². The maximum atomic E-state index is 5.91. The second-order valence-electron chi connectivity index (χ2n) is 2.91. The molecule has 1 rings (SSSR count). The summed E-state index contributed by atoms with van der Waals surface area (Å²) in [5, 5.41) is 0.826. The van der Waals surface area contributed by atoms with Crippen molar-refractivity contribution in [3.63, 3.8) is 0 Å². The fourth-order valence-electron chi connectivity index (χ4n) is 1.11. The van der Waals surface area contributed by atoms with Crippen LogP contribution in [0.4, 0.5) is 0 Å². The van der Waals surface area contributed by atoms with Gasteiger partial charge in [0.2, 0.25) is 0 Å². The van der Waals surface area contributed by atoms with Crippen molar-refractivity contribution >= 4 is 23.4 Å². The van der Waals surface area contributed by atoms with Gasteiger partial charge in [-0.25, -0.2) is 0 Å². The second kappa shape index (κ2) is 3.16. The van der Waals surface area contributed by atoms with Gasteiger partial charge in [-0.2, -0.15) is 0 Å². The summed E-state index contributed by atoms with van der Waals surface area (Å²) in [6.45, 7) is 4.54. The van der Waals surface area contributed by atoms with E-state index in [-0.39, 0.29) is 0 Å². The number of hydrogen-bond acceptors (Lipinski definition) is 1. The third-order valence-electron chi connectivity index (χ3n) is 1.74. The largest absolute Gasteiger partial charge is 0.139 e. The van der Waals surface area contributed by atoms with Gasteiger partial charge in [0.1, 0.15) is 0 Å². The van der Waals surface area contributed by atoms with Crippen molar-refractivity contribution in [2.45, 2.75) is 36.6 Å². The first-order chi connectivity index (χ1) is 4.20. The molecule has 1 aliphatic rings. The van der Waals surface area contributed by atoms with Crippen LogP contribution in [-0.2, 0) is 0 Å². The van der Waals surface area contributed by atoms with Gasteiger partial charge in [0.15, 0.2) is 0 Å². The molecule has 0 N–H and O–H groups in total. The van der Waals surface area contributed by atoms with Gasteiger partial charge in [-0.1, -0.05) is 13.8 Å². The van der Waals surface area contributed by atoms with Crippen molar-refractivity contribution in [2.24, 2.45) is 5.92 Å². The highest BCUT2D eigenvalue weighted by Crippen LogP contribution is 2.39. The molecular formula is C7H13ClS. The molecule has 9 heavy (non-hydrogen) atoms. The van der Waals surface area contributed by atoms with Gasteiger partial charge in [-0.05, 0) is 18.8 Å². The maximum Gasteiger partial charge on any atom is 0.0792 e. The van der Waals surface area contributed by atoms with Crippen LogP contribution in [0.2, 0.25) is 0 Å².